The highest BCUT2D eigenvalue weighted by atomic mass is 32.2. The van der Waals surface area contributed by atoms with Crippen LogP contribution in [-0.4, -0.2) is 21.5 Å². The molecule has 6 nitrogen and oxygen atoms in total. The molecule has 4 heterocycles. The Hall–Kier alpha value is -3.58. The predicted molar refractivity (Wildman–Crippen MR) is 132 cm³/mol. The Labute approximate surface area is 197 Å². The molecule has 1 unspecified atom stereocenters. The van der Waals surface area contributed by atoms with Gasteiger partial charge in [-0.2, -0.15) is 4.98 Å². The quantitative estimate of drug-likeness (QED) is 0.369. The first-order valence-corrected chi connectivity index (χ1v) is 11.8. The third-order valence-corrected chi connectivity index (χ3v) is 6.96. The minimum absolute atomic E-state index is 0.188. The number of ether oxygens (including phenoxy) is 1. The van der Waals surface area contributed by atoms with Gasteiger partial charge < -0.3 is 9.64 Å². The average Bonchev–Trinajstić information content (AvgIpc) is 2.82. The molecule has 0 spiro atoms. The number of nitrogens with zero attached hydrogens (tertiary/aromatic N) is 4. The Morgan fingerprint density at radius 2 is 1.88 bits per heavy atom. The van der Waals surface area contributed by atoms with Gasteiger partial charge in [0.1, 0.15) is 6.10 Å². The minimum atomic E-state index is -0.188. The summed E-state index contributed by atoms with van der Waals surface area (Å²) in [5.41, 5.74) is 7.80. The van der Waals surface area contributed by atoms with Crippen molar-refractivity contribution < 1.29 is 4.74 Å². The number of anilines is 2. The van der Waals surface area contributed by atoms with Crippen LogP contribution in [-0.2, 0) is 6.54 Å². The molecule has 2 aliphatic rings. The lowest BCUT2D eigenvalue weighted by atomic mass is 9.98. The van der Waals surface area contributed by atoms with Crippen LogP contribution in [0.2, 0.25) is 0 Å². The van der Waals surface area contributed by atoms with Gasteiger partial charge in [-0.05, 0) is 66.8 Å². The van der Waals surface area contributed by atoms with E-state index in [-0.39, 0.29) is 6.10 Å². The van der Waals surface area contributed by atoms with Crippen LogP contribution in [0.15, 0.2) is 71.9 Å². The van der Waals surface area contributed by atoms with E-state index in [2.05, 4.69) is 77.0 Å². The standard InChI is InChI=1S/C26H23N5OS/c1-16-5-3-6-17(2)25(16)22-12-24-29-26(28-22)30-33-20-8-4-7-19(11-20)31-14-18-9-10-27-13-21(18)23(15-31)32-24/h3-13,23H,14-15H2,1-2H3,(H,28,29,30). The molecule has 0 saturated heterocycles. The lowest BCUT2D eigenvalue weighted by Crippen LogP contribution is -2.36. The molecule has 6 rings (SSSR count). The average molecular weight is 454 g/mol. The molecule has 1 N–H and O–H groups in total. The third-order valence-electron chi connectivity index (χ3n) is 6.19. The molecule has 4 aromatic rings. The number of nitrogens with one attached hydrogen (secondary N) is 1. The normalized spacial score (nSPS) is 16.5. The van der Waals surface area contributed by atoms with E-state index in [0.29, 0.717) is 11.8 Å². The van der Waals surface area contributed by atoms with Crippen molar-refractivity contribution in [3.8, 4) is 17.1 Å². The van der Waals surface area contributed by atoms with E-state index in [1.807, 2.05) is 18.5 Å². The number of fused-ring (bicyclic) bond motifs is 9. The van der Waals surface area contributed by atoms with Gasteiger partial charge >= 0.3 is 0 Å². The molecule has 0 saturated carbocycles. The van der Waals surface area contributed by atoms with Crippen molar-refractivity contribution in [2.24, 2.45) is 0 Å². The van der Waals surface area contributed by atoms with Crippen molar-refractivity contribution in [1.82, 2.24) is 15.0 Å². The molecule has 0 radical (unpaired) electrons. The van der Waals surface area contributed by atoms with Gasteiger partial charge in [-0.3, -0.25) is 9.71 Å². The van der Waals surface area contributed by atoms with Crippen LogP contribution in [0.4, 0.5) is 11.6 Å². The number of benzene rings is 2. The van der Waals surface area contributed by atoms with E-state index in [1.54, 1.807) is 0 Å². The summed E-state index contributed by atoms with van der Waals surface area (Å²) >= 11 is 1.51. The Bertz CT molecular complexity index is 1340. The molecule has 7 heteroatoms. The maximum atomic E-state index is 6.56. The van der Waals surface area contributed by atoms with E-state index in [9.17, 15) is 0 Å². The molecular weight excluding hydrogens is 430 g/mol. The zero-order chi connectivity index (χ0) is 22.4. The summed E-state index contributed by atoms with van der Waals surface area (Å²) in [6, 6.07) is 18.8. The van der Waals surface area contributed by atoms with Gasteiger partial charge in [0.15, 0.2) is 0 Å². The lowest BCUT2D eigenvalue weighted by molar-refractivity contribution is 0.194. The van der Waals surface area contributed by atoms with Crippen LogP contribution in [0.25, 0.3) is 11.3 Å². The summed E-state index contributed by atoms with van der Waals surface area (Å²) in [6.07, 6.45) is 3.58. The number of pyridine rings is 1. The van der Waals surface area contributed by atoms with Crippen molar-refractivity contribution in [3.63, 3.8) is 0 Å². The first-order chi connectivity index (χ1) is 16.1. The number of aromatic nitrogens is 3. The van der Waals surface area contributed by atoms with Crippen LogP contribution in [0, 0.1) is 13.8 Å². The van der Waals surface area contributed by atoms with Crippen LogP contribution in [0.3, 0.4) is 0 Å². The Morgan fingerprint density at radius 3 is 2.76 bits per heavy atom. The molecular formula is C26H23N5OS. The first kappa shape index (κ1) is 20.1. The fourth-order valence-electron chi connectivity index (χ4n) is 4.61. The molecule has 0 aliphatic carbocycles. The molecule has 0 fully saturated rings. The molecule has 2 aromatic carbocycles. The van der Waals surface area contributed by atoms with E-state index >= 15 is 0 Å². The van der Waals surface area contributed by atoms with Gasteiger partial charge in [-0.25, -0.2) is 4.98 Å². The Balaban J connectivity index is 1.51. The summed E-state index contributed by atoms with van der Waals surface area (Å²) < 4.78 is 9.89. The highest BCUT2D eigenvalue weighted by Gasteiger charge is 2.28. The largest absolute Gasteiger partial charge is 0.467 e. The van der Waals surface area contributed by atoms with E-state index in [0.717, 1.165) is 34.8 Å². The van der Waals surface area contributed by atoms with Gasteiger partial charge in [-0.15, -0.1) is 0 Å². The second-order valence-corrected chi connectivity index (χ2v) is 9.32. The summed E-state index contributed by atoms with van der Waals surface area (Å²) in [4.78, 5) is 17.4. The van der Waals surface area contributed by atoms with Crippen LogP contribution in [0.1, 0.15) is 28.4 Å². The third kappa shape index (κ3) is 3.78. The van der Waals surface area contributed by atoms with Crippen molar-refractivity contribution >= 4 is 23.6 Å². The number of aryl methyl sites for hydroxylation is 2. The van der Waals surface area contributed by atoms with Gasteiger partial charge in [0, 0.05) is 46.7 Å². The maximum absolute atomic E-state index is 6.56. The number of hydrogen-bond donors (Lipinski definition) is 1. The van der Waals surface area contributed by atoms with E-state index in [4.69, 9.17) is 14.7 Å². The lowest BCUT2D eigenvalue weighted by Gasteiger charge is -2.36. The molecule has 0 amide bonds. The Kier molecular flexibility index (Phi) is 4.91. The summed E-state index contributed by atoms with van der Waals surface area (Å²) in [5.74, 6) is 1.08. The van der Waals surface area contributed by atoms with Gasteiger partial charge in [0.05, 0.1) is 12.2 Å². The maximum Gasteiger partial charge on any atom is 0.237 e. The molecule has 33 heavy (non-hydrogen) atoms. The van der Waals surface area contributed by atoms with Gasteiger partial charge in [0.2, 0.25) is 11.8 Å². The zero-order valence-electron chi connectivity index (χ0n) is 18.4. The van der Waals surface area contributed by atoms with E-state index in [1.165, 1.54) is 34.3 Å². The van der Waals surface area contributed by atoms with Crippen LogP contribution < -0.4 is 14.4 Å². The SMILES string of the molecule is Cc1cccc(C)c1-c1cc2nc(n1)NSc1cccc(c1)N1Cc3ccncc3C(C1)O2. The van der Waals surface area contributed by atoms with Crippen molar-refractivity contribution in [2.45, 2.75) is 31.4 Å². The Morgan fingerprint density at radius 1 is 1.03 bits per heavy atom. The highest BCUT2D eigenvalue weighted by Crippen LogP contribution is 2.36. The zero-order valence-corrected chi connectivity index (χ0v) is 19.3. The van der Waals surface area contributed by atoms with Crippen molar-refractivity contribution in [1.29, 1.82) is 0 Å². The van der Waals surface area contributed by atoms with Crippen molar-refractivity contribution in [3.05, 3.63) is 89.2 Å². The molecule has 1 atom stereocenters. The predicted octanol–water partition coefficient (Wildman–Crippen LogP) is 5.73. The van der Waals surface area contributed by atoms with Crippen LogP contribution >= 0.6 is 11.9 Å². The van der Waals surface area contributed by atoms with E-state index < -0.39 is 0 Å². The summed E-state index contributed by atoms with van der Waals surface area (Å²) in [7, 11) is 0. The van der Waals surface area contributed by atoms with Gasteiger partial charge in [-0.1, -0.05) is 24.3 Å². The topological polar surface area (TPSA) is 63.2 Å². The first-order valence-electron chi connectivity index (χ1n) is 11.0. The highest BCUT2D eigenvalue weighted by molar-refractivity contribution is 8.00. The molecule has 2 aromatic heterocycles. The molecule has 164 valence electrons. The van der Waals surface area contributed by atoms with Crippen LogP contribution in [0.5, 0.6) is 5.88 Å². The monoisotopic (exact) mass is 453 g/mol. The number of hydrogen-bond acceptors (Lipinski definition) is 7. The smallest absolute Gasteiger partial charge is 0.237 e. The molecule has 6 bridgehead atoms. The number of rotatable bonds is 1. The summed E-state index contributed by atoms with van der Waals surface area (Å²) in [6.45, 7) is 5.76. The fraction of sp³-hybridized carbons (Fsp3) is 0.192. The van der Waals surface area contributed by atoms with Crippen molar-refractivity contribution in [2.75, 3.05) is 16.2 Å². The second-order valence-electron chi connectivity index (χ2n) is 8.44. The summed E-state index contributed by atoms with van der Waals surface area (Å²) in [5, 5.41) is 0. The minimum Gasteiger partial charge on any atom is -0.467 e. The second kappa shape index (κ2) is 8.08. The molecule has 2 aliphatic heterocycles. The van der Waals surface area contributed by atoms with Gasteiger partial charge in [0.25, 0.3) is 0 Å². The fourth-order valence-corrected chi connectivity index (χ4v) is 5.23.